The van der Waals surface area contributed by atoms with Crippen molar-refractivity contribution in [1.29, 1.82) is 0 Å². The molecular formula is C18H23NOS. The molecule has 1 saturated carbocycles. The zero-order chi connectivity index (χ0) is 15.0. The van der Waals surface area contributed by atoms with Gasteiger partial charge in [0, 0.05) is 18.8 Å². The molecule has 21 heavy (non-hydrogen) atoms. The predicted molar refractivity (Wildman–Crippen MR) is 88.6 cm³/mol. The lowest BCUT2D eigenvalue weighted by molar-refractivity contribution is -0.129. The molecule has 0 bridgehead atoms. The van der Waals surface area contributed by atoms with E-state index in [-0.39, 0.29) is 11.3 Å². The van der Waals surface area contributed by atoms with Gasteiger partial charge in [0.15, 0.2) is 0 Å². The van der Waals surface area contributed by atoms with E-state index >= 15 is 0 Å². The van der Waals surface area contributed by atoms with E-state index in [1.54, 1.807) is 11.3 Å². The molecule has 1 aromatic carbocycles. The summed E-state index contributed by atoms with van der Waals surface area (Å²) in [6.07, 6.45) is 3.88. The third-order valence-electron chi connectivity index (χ3n) is 4.77. The lowest BCUT2D eigenvalue weighted by Crippen LogP contribution is -2.36. The summed E-state index contributed by atoms with van der Waals surface area (Å²) < 4.78 is 1.24. The van der Waals surface area contributed by atoms with Crippen LogP contribution in [0.15, 0.2) is 24.3 Å². The van der Waals surface area contributed by atoms with Crippen LogP contribution >= 0.6 is 11.3 Å². The maximum atomic E-state index is 12.4. The second kappa shape index (κ2) is 5.53. The van der Waals surface area contributed by atoms with Gasteiger partial charge >= 0.3 is 0 Å². The zero-order valence-corrected chi connectivity index (χ0v) is 13.9. The predicted octanol–water partition coefficient (Wildman–Crippen LogP) is 4.87. The molecule has 0 N–H and O–H groups in total. The summed E-state index contributed by atoms with van der Waals surface area (Å²) in [5.41, 5.74) is 1.09. The van der Waals surface area contributed by atoms with Crippen LogP contribution < -0.4 is 0 Å². The summed E-state index contributed by atoms with van der Waals surface area (Å²) >= 11 is 1.77. The average molecular weight is 301 g/mol. The Morgan fingerprint density at radius 2 is 2.05 bits per heavy atom. The van der Waals surface area contributed by atoms with Gasteiger partial charge in [0.25, 0.3) is 0 Å². The maximum Gasteiger partial charge on any atom is 0.136 e. The van der Waals surface area contributed by atoms with Crippen LogP contribution in [0.3, 0.4) is 0 Å². The maximum absolute atomic E-state index is 12.4. The Bertz CT molecular complexity index is 625. The minimum atomic E-state index is 0.00506. The number of nitrogens with zero attached hydrogens (tertiary/aromatic N) is 1. The minimum Gasteiger partial charge on any atom is -0.299 e. The highest BCUT2D eigenvalue weighted by Gasteiger charge is 2.38. The summed E-state index contributed by atoms with van der Waals surface area (Å²) in [5, 5.41) is 1.16. The summed E-state index contributed by atoms with van der Waals surface area (Å²) in [6.45, 7) is 6.66. The lowest BCUT2D eigenvalue weighted by atomic mass is 9.67. The highest BCUT2D eigenvalue weighted by Crippen LogP contribution is 2.41. The second-order valence-electron chi connectivity index (χ2n) is 7.15. The Balaban J connectivity index is 1.80. The van der Waals surface area contributed by atoms with Gasteiger partial charge in [-0.15, -0.1) is 11.3 Å². The van der Waals surface area contributed by atoms with Gasteiger partial charge < -0.3 is 0 Å². The number of ketones is 1. The normalized spacial score (nSPS) is 23.7. The summed E-state index contributed by atoms with van der Waals surface area (Å²) in [4.78, 5) is 17.1. The van der Waals surface area contributed by atoms with Gasteiger partial charge in [0.2, 0.25) is 0 Å². The van der Waals surface area contributed by atoms with Crippen LogP contribution in [0.1, 0.15) is 45.0 Å². The number of fused-ring (bicyclic) bond motifs is 1. The fourth-order valence-corrected chi connectivity index (χ4v) is 4.74. The number of hydrogen-bond acceptors (Lipinski definition) is 3. The molecule has 3 heteroatoms. The quantitative estimate of drug-likeness (QED) is 0.809. The Labute approximate surface area is 130 Å². The van der Waals surface area contributed by atoms with Gasteiger partial charge in [-0.25, -0.2) is 4.98 Å². The topological polar surface area (TPSA) is 30.0 Å². The van der Waals surface area contributed by atoms with Crippen molar-refractivity contribution in [2.45, 2.75) is 46.5 Å². The van der Waals surface area contributed by atoms with E-state index in [4.69, 9.17) is 4.98 Å². The Kier molecular flexibility index (Phi) is 3.87. The van der Waals surface area contributed by atoms with Crippen molar-refractivity contribution < 1.29 is 4.79 Å². The average Bonchev–Trinajstić information content (AvgIpc) is 2.79. The molecule has 1 aliphatic carbocycles. The van der Waals surface area contributed by atoms with Gasteiger partial charge in [-0.3, -0.25) is 4.79 Å². The number of hydrogen-bond donors (Lipinski definition) is 0. The molecule has 112 valence electrons. The molecule has 1 fully saturated rings. The second-order valence-corrected chi connectivity index (χ2v) is 8.26. The van der Waals surface area contributed by atoms with Gasteiger partial charge in [0.1, 0.15) is 5.78 Å². The van der Waals surface area contributed by atoms with E-state index in [1.807, 2.05) is 6.07 Å². The van der Waals surface area contributed by atoms with E-state index in [0.717, 1.165) is 29.8 Å². The molecule has 2 unspecified atom stereocenters. The van der Waals surface area contributed by atoms with E-state index < -0.39 is 0 Å². The Morgan fingerprint density at radius 3 is 2.76 bits per heavy atom. The van der Waals surface area contributed by atoms with Crippen LogP contribution in [0.4, 0.5) is 0 Å². The number of rotatable bonds is 3. The number of aromatic nitrogens is 1. The molecule has 1 aromatic heterocycles. The van der Waals surface area contributed by atoms with Crippen LogP contribution in [0.5, 0.6) is 0 Å². The van der Waals surface area contributed by atoms with E-state index in [1.165, 1.54) is 11.1 Å². The van der Waals surface area contributed by atoms with Crippen molar-refractivity contribution in [3.05, 3.63) is 29.3 Å². The van der Waals surface area contributed by atoms with Crippen molar-refractivity contribution >= 4 is 27.3 Å². The van der Waals surface area contributed by atoms with E-state index in [2.05, 4.69) is 39.0 Å². The largest absolute Gasteiger partial charge is 0.299 e. The van der Waals surface area contributed by atoms with Crippen LogP contribution in [-0.2, 0) is 11.2 Å². The SMILES string of the molecule is CC1CCC(C(C)(C)Cc2nc3ccccc3s2)C(=O)C1. The first kappa shape index (κ1) is 14.7. The number of Topliss-reactive ketones (excluding diaryl/α,β-unsaturated/α-hetero) is 1. The molecule has 0 spiro atoms. The minimum absolute atomic E-state index is 0.00506. The van der Waals surface area contributed by atoms with Gasteiger partial charge in [-0.1, -0.05) is 32.9 Å². The molecule has 3 rings (SSSR count). The summed E-state index contributed by atoms with van der Waals surface area (Å²) in [7, 11) is 0. The lowest BCUT2D eigenvalue weighted by Gasteiger charge is -2.37. The number of para-hydroxylation sites is 1. The van der Waals surface area contributed by atoms with Crippen LogP contribution in [0.2, 0.25) is 0 Å². The highest BCUT2D eigenvalue weighted by atomic mass is 32.1. The van der Waals surface area contributed by atoms with Crippen molar-refractivity contribution in [3.8, 4) is 0 Å². The van der Waals surface area contributed by atoms with Crippen LogP contribution in [-0.4, -0.2) is 10.8 Å². The Hall–Kier alpha value is -1.22. The molecule has 0 aliphatic heterocycles. The van der Waals surface area contributed by atoms with Crippen LogP contribution in [0, 0.1) is 17.3 Å². The standard InChI is InChI=1S/C18H23NOS/c1-12-8-9-13(15(20)10-12)18(2,3)11-17-19-14-6-4-5-7-16(14)21-17/h4-7,12-13H,8-11H2,1-3H3. The van der Waals surface area contributed by atoms with Crippen molar-refractivity contribution in [3.63, 3.8) is 0 Å². The van der Waals surface area contributed by atoms with Crippen molar-refractivity contribution in [2.24, 2.45) is 17.3 Å². The first-order chi connectivity index (χ1) is 9.95. The number of thiazole rings is 1. The fraction of sp³-hybridized carbons (Fsp3) is 0.556. The fourth-order valence-electron chi connectivity index (χ4n) is 3.53. The molecule has 1 heterocycles. The third kappa shape index (κ3) is 3.03. The first-order valence-corrected chi connectivity index (χ1v) is 8.64. The van der Waals surface area contributed by atoms with Crippen LogP contribution in [0.25, 0.3) is 10.2 Å². The molecule has 0 radical (unpaired) electrons. The summed E-state index contributed by atoms with van der Waals surface area (Å²) in [6, 6.07) is 8.28. The molecule has 0 amide bonds. The molecular weight excluding hydrogens is 278 g/mol. The third-order valence-corrected chi connectivity index (χ3v) is 5.81. The molecule has 2 aromatic rings. The smallest absolute Gasteiger partial charge is 0.136 e. The van der Waals surface area contributed by atoms with E-state index in [9.17, 15) is 4.79 Å². The summed E-state index contributed by atoms with van der Waals surface area (Å²) in [5.74, 6) is 1.22. The van der Waals surface area contributed by atoms with Gasteiger partial charge in [-0.2, -0.15) is 0 Å². The molecule has 2 nitrogen and oxygen atoms in total. The van der Waals surface area contributed by atoms with E-state index in [0.29, 0.717) is 11.7 Å². The first-order valence-electron chi connectivity index (χ1n) is 7.83. The molecule has 1 aliphatic rings. The van der Waals surface area contributed by atoms with Gasteiger partial charge in [0.05, 0.1) is 15.2 Å². The van der Waals surface area contributed by atoms with Crippen molar-refractivity contribution in [2.75, 3.05) is 0 Å². The number of carbonyl (C=O) groups is 1. The zero-order valence-electron chi connectivity index (χ0n) is 13.1. The molecule has 0 saturated heterocycles. The molecule has 2 atom stereocenters. The Morgan fingerprint density at radius 1 is 1.29 bits per heavy atom. The van der Waals surface area contributed by atoms with Crippen molar-refractivity contribution in [1.82, 2.24) is 4.98 Å². The number of benzene rings is 1. The number of carbonyl (C=O) groups excluding carboxylic acids is 1. The monoisotopic (exact) mass is 301 g/mol. The highest BCUT2D eigenvalue weighted by molar-refractivity contribution is 7.18. The van der Waals surface area contributed by atoms with Gasteiger partial charge in [-0.05, 0) is 36.3 Å².